The monoisotopic (exact) mass is 292 g/mol. The van der Waals surface area contributed by atoms with E-state index in [4.69, 9.17) is 11.6 Å². The van der Waals surface area contributed by atoms with Gasteiger partial charge < -0.3 is 15.4 Å². The van der Waals surface area contributed by atoms with Crippen LogP contribution in [0.5, 0.6) is 5.75 Å². The maximum absolute atomic E-state index is 12.2. The molecule has 2 N–H and O–H groups in total. The van der Waals surface area contributed by atoms with Crippen LogP contribution >= 0.6 is 11.6 Å². The van der Waals surface area contributed by atoms with Crippen LogP contribution in [0.1, 0.15) is 16.8 Å². The maximum Gasteiger partial charge on any atom is 0.387 e. The molecule has 0 unspecified atom stereocenters. The van der Waals surface area contributed by atoms with Crippen molar-refractivity contribution in [3.63, 3.8) is 0 Å². The highest BCUT2D eigenvalue weighted by atomic mass is 35.5. The summed E-state index contributed by atoms with van der Waals surface area (Å²) >= 11 is 5.75. The van der Waals surface area contributed by atoms with Crippen LogP contribution in [-0.2, 0) is 0 Å². The number of carbonyl (C=O) groups is 1. The van der Waals surface area contributed by atoms with E-state index < -0.39 is 12.5 Å². The molecule has 1 aromatic carbocycles. The summed E-state index contributed by atoms with van der Waals surface area (Å²) in [7, 11) is 1.80. The molecule has 4 nitrogen and oxygen atoms in total. The van der Waals surface area contributed by atoms with Crippen LogP contribution in [-0.4, -0.2) is 32.7 Å². The van der Waals surface area contributed by atoms with E-state index in [1.165, 1.54) is 18.2 Å². The van der Waals surface area contributed by atoms with Crippen LogP contribution in [0.25, 0.3) is 0 Å². The SMILES string of the molecule is CNCCCNC(=O)c1cc(Cl)ccc1OC(F)F. The molecular formula is C12H15ClF2N2O2. The van der Waals surface area contributed by atoms with Crippen molar-refractivity contribution >= 4 is 17.5 Å². The summed E-state index contributed by atoms with van der Waals surface area (Å²) in [6.45, 7) is -1.81. The first-order valence-electron chi connectivity index (χ1n) is 5.71. The molecule has 0 fully saturated rings. The van der Waals surface area contributed by atoms with E-state index in [-0.39, 0.29) is 16.3 Å². The van der Waals surface area contributed by atoms with E-state index in [1.807, 2.05) is 0 Å². The Bertz CT molecular complexity index is 430. The smallest absolute Gasteiger partial charge is 0.387 e. The molecule has 0 radical (unpaired) electrons. The van der Waals surface area contributed by atoms with Crippen LogP contribution in [0.3, 0.4) is 0 Å². The zero-order chi connectivity index (χ0) is 14.3. The average molecular weight is 293 g/mol. The van der Waals surface area contributed by atoms with Crippen molar-refractivity contribution in [1.82, 2.24) is 10.6 Å². The molecule has 0 saturated heterocycles. The summed E-state index contributed by atoms with van der Waals surface area (Å²) in [5.74, 6) is -0.681. The third-order valence-corrected chi connectivity index (χ3v) is 2.53. The molecule has 1 aromatic rings. The summed E-state index contributed by atoms with van der Waals surface area (Å²) in [4.78, 5) is 11.8. The lowest BCUT2D eigenvalue weighted by molar-refractivity contribution is -0.0501. The van der Waals surface area contributed by atoms with Crippen LogP contribution < -0.4 is 15.4 Å². The zero-order valence-corrected chi connectivity index (χ0v) is 11.1. The Kier molecular flexibility index (Phi) is 6.52. The lowest BCUT2D eigenvalue weighted by Gasteiger charge is -2.11. The quantitative estimate of drug-likeness (QED) is 0.758. The Morgan fingerprint density at radius 3 is 2.79 bits per heavy atom. The Hall–Kier alpha value is -1.40. The predicted molar refractivity (Wildman–Crippen MR) is 69.0 cm³/mol. The predicted octanol–water partition coefficient (Wildman–Crippen LogP) is 2.28. The summed E-state index contributed by atoms with van der Waals surface area (Å²) in [6.07, 6.45) is 0.730. The molecule has 0 aliphatic rings. The zero-order valence-electron chi connectivity index (χ0n) is 10.4. The molecule has 0 saturated carbocycles. The van der Waals surface area contributed by atoms with E-state index in [0.29, 0.717) is 6.54 Å². The molecule has 0 aliphatic heterocycles. The third kappa shape index (κ3) is 5.40. The Morgan fingerprint density at radius 2 is 2.16 bits per heavy atom. The molecular weight excluding hydrogens is 278 g/mol. The molecule has 19 heavy (non-hydrogen) atoms. The summed E-state index contributed by atoms with van der Waals surface area (Å²) in [5.41, 5.74) is -0.00254. The minimum atomic E-state index is -2.99. The molecule has 0 spiro atoms. The average Bonchev–Trinajstić information content (AvgIpc) is 2.36. The van der Waals surface area contributed by atoms with Gasteiger partial charge in [-0.05, 0) is 38.2 Å². The summed E-state index contributed by atoms with van der Waals surface area (Å²) in [6, 6.07) is 3.93. The first-order chi connectivity index (χ1) is 9.04. The first kappa shape index (κ1) is 15.7. The van der Waals surface area contributed by atoms with E-state index in [1.54, 1.807) is 7.05 Å². The molecule has 0 aromatic heterocycles. The summed E-state index contributed by atoms with van der Waals surface area (Å²) in [5, 5.41) is 5.82. The Labute approximate surface area is 115 Å². The second-order valence-electron chi connectivity index (χ2n) is 3.73. The standard InChI is InChI=1S/C12H15ClF2N2O2/c1-16-5-2-6-17-11(18)9-7-8(13)3-4-10(9)19-12(14)15/h3-4,7,12,16H,2,5-6H2,1H3,(H,17,18). The topological polar surface area (TPSA) is 50.4 Å². The molecule has 0 aliphatic carbocycles. The molecule has 1 amide bonds. The molecule has 0 heterocycles. The van der Waals surface area contributed by atoms with Gasteiger partial charge >= 0.3 is 6.61 Å². The van der Waals surface area contributed by atoms with Gasteiger partial charge in [0.15, 0.2) is 0 Å². The van der Waals surface area contributed by atoms with Crippen molar-refractivity contribution in [2.24, 2.45) is 0 Å². The number of hydrogen-bond acceptors (Lipinski definition) is 3. The van der Waals surface area contributed by atoms with Gasteiger partial charge in [0.2, 0.25) is 0 Å². The molecule has 0 bridgehead atoms. The minimum Gasteiger partial charge on any atom is -0.434 e. The van der Waals surface area contributed by atoms with Crippen molar-refractivity contribution in [3.8, 4) is 5.75 Å². The molecule has 106 valence electrons. The van der Waals surface area contributed by atoms with Gasteiger partial charge in [-0.3, -0.25) is 4.79 Å². The lowest BCUT2D eigenvalue weighted by atomic mass is 10.2. The fraction of sp³-hybridized carbons (Fsp3) is 0.417. The van der Waals surface area contributed by atoms with Gasteiger partial charge in [0.1, 0.15) is 5.75 Å². The second kappa shape index (κ2) is 7.91. The van der Waals surface area contributed by atoms with Crippen LogP contribution in [0, 0.1) is 0 Å². The highest BCUT2D eigenvalue weighted by molar-refractivity contribution is 6.31. The second-order valence-corrected chi connectivity index (χ2v) is 4.17. The number of ether oxygens (including phenoxy) is 1. The van der Waals surface area contributed by atoms with E-state index >= 15 is 0 Å². The van der Waals surface area contributed by atoms with Gasteiger partial charge in [-0.1, -0.05) is 11.6 Å². The normalized spacial score (nSPS) is 10.6. The van der Waals surface area contributed by atoms with Crippen LogP contribution in [0.4, 0.5) is 8.78 Å². The molecule has 7 heteroatoms. The number of carbonyl (C=O) groups excluding carboxylic acids is 1. The fourth-order valence-electron chi connectivity index (χ4n) is 1.44. The fourth-order valence-corrected chi connectivity index (χ4v) is 1.61. The number of halogens is 3. The van der Waals surface area contributed by atoms with Gasteiger partial charge in [-0.2, -0.15) is 8.78 Å². The number of amides is 1. The van der Waals surface area contributed by atoms with Crippen LogP contribution in [0.2, 0.25) is 5.02 Å². The number of rotatable bonds is 7. The van der Waals surface area contributed by atoms with Gasteiger partial charge in [-0.25, -0.2) is 0 Å². The first-order valence-corrected chi connectivity index (χ1v) is 6.09. The van der Waals surface area contributed by atoms with Crippen molar-refractivity contribution in [1.29, 1.82) is 0 Å². The van der Waals surface area contributed by atoms with Crippen molar-refractivity contribution in [2.45, 2.75) is 13.0 Å². The van der Waals surface area contributed by atoms with Gasteiger partial charge in [0.25, 0.3) is 5.91 Å². The van der Waals surface area contributed by atoms with E-state index in [9.17, 15) is 13.6 Å². The van der Waals surface area contributed by atoms with E-state index in [2.05, 4.69) is 15.4 Å². The number of alkyl halides is 2. The minimum absolute atomic E-state index is 0.00254. The van der Waals surface area contributed by atoms with Crippen LogP contribution in [0.15, 0.2) is 18.2 Å². The Morgan fingerprint density at radius 1 is 1.42 bits per heavy atom. The summed E-state index contributed by atoms with van der Waals surface area (Å²) < 4.78 is 28.7. The maximum atomic E-state index is 12.2. The number of benzene rings is 1. The molecule has 0 atom stereocenters. The largest absolute Gasteiger partial charge is 0.434 e. The number of nitrogens with one attached hydrogen (secondary N) is 2. The highest BCUT2D eigenvalue weighted by Gasteiger charge is 2.16. The van der Waals surface area contributed by atoms with Gasteiger partial charge in [0, 0.05) is 11.6 Å². The van der Waals surface area contributed by atoms with Gasteiger partial charge in [-0.15, -0.1) is 0 Å². The Balaban J connectivity index is 2.73. The highest BCUT2D eigenvalue weighted by Crippen LogP contribution is 2.24. The van der Waals surface area contributed by atoms with Gasteiger partial charge in [0.05, 0.1) is 5.56 Å². The lowest BCUT2D eigenvalue weighted by Crippen LogP contribution is -2.27. The third-order valence-electron chi connectivity index (χ3n) is 2.29. The van der Waals surface area contributed by atoms with E-state index in [0.717, 1.165) is 13.0 Å². The number of hydrogen-bond donors (Lipinski definition) is 2. The van der Waals surface area contributed by atoms with Crippen molar-refractivity contribution in [2.75, 3.05) is 20.1 Å². The van der Waals surface area contributed by atoms with Crippen molar-refractivity contribution < 1.29 is 18.3 Å². The van der Waals surface area contributed by atoms with Crippen molar-refractivity contribution in [3.05, 3.63) is 28.8 Å². The molecule has 1 rings (SSSR count).